The summed E-state index contributed by atoms with van der Waals surface area (Å²) < 4.78 is 0. The predicted octanol–water partition coefficient (Wildman–Crippen LogP) is 3.32. The highest BCUT2D eigenvalue weighted by Crippen LogP contribution is 2.24. The van der Waals surface area contributed by atoms with Gasteiger partial charge in [-0.15, -0.1) is 0 Å². The Labute approximate surface area is 109 Å². The van der Waals surface area contributed by atoms with Crippen LogP contribution >= 0.6 is 23.4 Å². The van der Waals surface area contributed by atoms with Crippen LogP contribution in [0.5, 0.6) is 0 Å². The molecule has 0 fully saturated rings. The van der Waals surface area contributed by atoms with Crippen molar-refractivity contribution in [3.63, 3.8) is 0 Å². The standard InChI is InChI=1S/C12H13ClO3S/c1-7(11(14)15)8(2)17-12(16)9-3-5-10(13)6-4-9/h3-8H,1-2H3,(H,14,15). The van der Waals surface area contributed by atoms with Crippen molar-refractivity contribution in [3.05, 3.63) is 34.9 Å². The number of carboxylic acids is 1. The molecule has 0 bridgehead atoms. The Morgan fingerprint density at radius 2 is 1.76 bits per heavy atom. The van der Waals surface area contributed by atoms with Crippen molar-refractivity contribution >= 4 is 34.4 Å². The van der Waals surface area contributed by atoms with Crippen LogP contribution in [0.4, 0.5) is 0 Å². The third-order valence-corrected chi connectivity index (χ3v) is 3.95. The molecular formula is C12H13ClO3S. The molecule has 1 aromatic rings. The molecule has 92 valence electrons. The molecule has 1 aromatic carbocycles. The summed E-state index contributed by atoms with van der Waals surface area (Å²) in [4.78, 5) is 22.6. The number of benzene rings is 1. The van der Waals surface area contributed by atoms with Crippen LogP contribution < -0.4 is 0 Å². The van der Waals surface area contributed by atoms with E-state index in [2.05, 4.69) is 0 Å². The van der Waals surface area contributed by atoms with Crippen molar-refractivity contribution in [3.8, 4) is 0 Å². The third kappa shape index (κ3) is 4.06. The monoisotopic (exact) mass is 272 g/mol. The summed E-state index contributed by atoms with van der Waals surface area (Å²) in [5.41, 5.74) is 0.531. The normalized spacial score (nSPS) is 14.1. The summed E-state index contributed by atoms with van der Waals surface area (Å²) in [6.07, 6.45) is 0. The topological polar surface area (TPSA) is 54.4 Å². The van der Waals surface area contributed by atoms with Crippen LogP contribution in [0.2, 0.25) is 5.02 Å². The van der Waals surface area contributed by atoms with Gasteiger partial charge in [-0.05, 0) is 24.3 Å². The quantitative estimate of drug-likeness (QED) is 0.913. The maximum absolute atomic E-state index is 11.8. The first-order valence-corrected chi connectivity index (χ1v) is 6.37. The summed E-state index contributed by atoms with van der Waals surface area (Å²) in [5.74, 6) is -1.45. The second-order valence-electron chi connectivity index (χ2n) is 3.74. The fourth-order valence-corrected chi connectivity index (χ4v) is 2.18. The first-order chi connectivity index (χ1) is 7.91. The highest BCUT2D eigenvalue weighted by molar-refractivity contribution is 8.14. The van der Waals surface area contributed by atoms with Crippen molar-refractivity contribution < 1.29 is 14.7 Å². The van der Waals surface area contributed by atoms with E-state index in [0.29, 0.717) is 10.6 Å². The van der Waals surface area contributed by atoms with Gasteiger partial charge in [-0.1, -0.05) is 37.2 Å². The molecule has 1 rings (SSSR count). The molecule has 0 aromatic heterocycles. The number of thioether (sulfide) groups is 1. The molecule has 0 spiro atoms. The van der Waals surface area contributed by atoms with Gasteiger partial charge in [0, 0.05) is 15.8 Å². The number of halogens is 1. The molecule has 0 aliphatic carbocycles. The zero-order valence-electron chi connectivity index (χ0n) is 9.51. The minimum absolute atomic E-state index is 0.137. The second kappa shape index (κ2) is 6.07. The molecular weight excluding hydrogens is 260 g/mol. The Kier molecular flexibility index (Phi) is 5.02. The van der Waals surface area contributed by atoms with Gasteiger partial charge in [0.2, 0.25) is 5.12 Å². The maximum Gasteiger partial charge on any atom is 0.307 e. The van der Waals surface area contributed by atoms with E-state index in [9.17, 15) is 9.59 Å². The summed E-state index contributed by atoms with van der Waals surface area (Å²) >= 11 is 6.75. The van der Waals surface area contributed by atoms with Gasteiger partial charge in [-0.25, -0.2) is 0 Å². The number of carbonyl (C=O) groups is 2. The Balaban J connectivity index is 2.66. The van der Waals surface area contributed by atoms with Gasteiger partial charge in [-0.3, -0.25) is 9.59 Å². The number of aliphatic carboxylic acids is 1. The SMILES string of the molecule is CC(SC(=O)c1ccc(Cl)cc1)C(C)C(=O)O. The zero-order chi connectivity index (χ0) is 13.0. The smallest absolute Gasteiger partial charge is 0.307 e. The van der Waals surface area contributed by atoms with Crippen molar-refractivity contribution in [1.82, 2.24) is 0 Å². The van der Waals surface area contributed by atoms with E-state index in [1.807, 2.05) is 0 Å². The minimum Gasteiger partial charge on any atom is -0.481 e. The fourth-order valence-electron chi connectivity index (χ4n) is 1.13. The maximum atomic E-state index is 11.8. The van der Waals surface area contributed by atoms with Crippen molar-refractivity contribution in [2.24, 2.45) is 5.92 Å². The number of hydrogen-bond donors (Lipinski definition) is 1. The highest BCUT2D eigenvalue weighted by Gasteiger charge is 2.23. The molecule has 0 aliphatic heterocycles. The van der Waals surface area contributed by atoms with Gasteiger partial charge in [0.15, 0.2) is 0 Å². The second-order valence-corrected chi connectivity index (χ2v) is 5.53. The minimum atomic E-state index is -0.895. The van der Waals surface area contributed by atoms with Crippen molar-refractivity contribution in [1.29, 1.82) is 0 Å². The van der Waals surface area contributed by atoms with Crippen LogP contribution in [0.3, 0.4) is 0 Å². The lowest BCUT2D eigenvalue weighted by atomic mass is 10.1. The van der Waals surface area contributed by atoms with Crippen LogP contribution in [-0.2, 0) is 4.79 Å². The van der Waals surface area contributed by atoms with E-state index >= 15 is 0 Å². The summed E-state index contributed by atoms with van der Waals surface area (Å²) in [5, 5.41) is 8.99. The Morgan fingerprint density at radius 1 is 1.24 bits per heavy atom. The molecule has 3 nitrogen and oxygen atoms in total. The van der Waals surface area contributed by atoms with Crippen LogP contribution in [0, 0.1) is 5.92 Å². The third-order valence-electron chi connectivity index (χ3n) is 2.47. The highest BCUT2D eigenvalue weighted by atomic mass is 35.5. The van der Waals surface area contributed by atoms with Gasteiger partial charge in [0.1, 0.15) is 0 Å². The number of carbonyl (C=O) groups excluding carboxylic acids is 1. The van der Waals surface area contributed by atoms with E-state index in [0.717, 1.165) is 11.8 Å². The van der Waals surface area contributed by atoms with E-state index in [1.54, 1.807) is 38.1 Å². The Hall–Kier alpha value is -1.00. The molecule has 0 heterocycles. The first-order valence-electron chi connectivity index (χ1n) is 5.11. The predicted molar refractivity (Wildman–Crippen MR) is 69.6 cm³/mol. The molecule has 0 amide bonds. The average molecular weight is 273 g/mol. The van der Waals surface area contributed by atoms with Gasteiger partial charge in [0.05, 0.1) is 5.92 Å². The van der Waals surface area contributed by atoms with Gasteiger partial charge >= 0.3 is 5.97 Å². The van der Waals surface area contributed by atoms with E-state index < -0.39 is 11.9 Å². The molecule has 2 unspecified atom stereocenters. The van der Waals surface area contributed by atoms with Gasteiger partial charge < -0.3 is 5.11 Å². The first kappa shape index (κ1) is 14.1. The lowest BCUT2D eigenvalue weighted by Gasteiger charge is -2.14. The summed E-state index contributed by atoms with van der Waals surface area (Å²) in [6, 6.07) is 6.55. The molecule has 5 heteroatoms. The molecule has 17 heavy (non-hydrogen) atoms. The molecule has 0 radical (unpaired) electrons. The summed E-state index contributed by atoms with van der Waals surface area (Å²) in [6.45, 7) is 3.33. The van der Waals surface area contributed by atoms with Gasteiger partial charge in [0.25, 0.3) is 0 Å². The Bertz CT molecular complexity index is 416. The molecule has 2 atom stereocenters. The molecule has 0 saturated heterocycles. The number of rotatable bonds is 4. The Morgan fingerprint density at radius 3 is 2.24 bits per heavy atom. The fraction of sp³-hybridized carbons (Fsp3) is 0.333. The number of hydrogen-bond acceptors (Lipinski definition) is 3. The average Bonchev–Trinajstić information content (AvgIpc) is 2.28. The summed E-state index contributed by atoms with van der Waals surface area (Å²) in [7, 11) is 0. The van der Waals surface area contributed by atoms with Crippen LogP contribution in [0.15, 0.2) is 24.3 Å². The van der Waals surface area contributed by atoms with Crippen LogP contribution in [0.1, 0.15) is 24.2 Å². The molecule has 1 N–H and O–H groups in total. The zero-order valence-corrected chi connectivity index (χ0v) is 11.1. The molecule has 0 aliphatic rings. The van der Waals surface area contributed by atoms with Crippen LogP contribution in [0.25, 0.3) is 0 Å². The van der Waals surface area contributed by atoms with Crippen molar-refractivity contribution in [2.45, 2.75) is 19.1 Å². The van der Waals surface area contributed by atoms with E-state index in [4.69, 9.17) is 16.7 Å². The van der Waals surface area contributed by atoms with Crippen molar-refractivity contribution in [2.75, 3.05) is 0 Å². The van der Waals surface area contributed by atoms with E-state index in [1.165, 1.54) is 0 Å². The number of carboxylic acid groups (broad SMARTS) is 1. The van der Waals surface area contributed by atoms with E-state index in [-0.39, 0.29) is 10.4 Å². The molecule has 0 saturated carbocycles. The largest absolute Gasteiger partial charge is 0.481 e. The lowest BCUT2D eigenvalue weighted by molar-refractivity contribution is -0.140. The van der Waals surface area contributed by atoms with Gasteiger partial charge in [-0.2, -0.15) is 0 Å². The van der Waals surface area contributed by atoms with Crippen LogP contribution in [-0.4, -0.2) is 21.4 Å². The lowest BCUT2D eigenvalue weighted by Crippen LogP contribution is -2.21.